The van der Waals surface area contributed by atoms with Gasteiger partial charge in [0, 0.05) is 30.0 Å². The highest BCUT2D eigenvalue weighted by atomic mass is 16.2. The van der Waals surface area contributed by atoms with Crippen LogP contribution in [0.5, 0.6) is 0 Å². The zero-order valence-electron chi connectivity index (χ0n) is 14.8. The van der Waals surface area contributed by atoms with Crippen LogP contribution >= 0.6 is 0 Å². The minimum atomic E-state index is -0.0755. The van der Waals surface area contributed by atoms with Crippen molar-refractivity contribution in [3.05, 3.63) is 54.6 Å². The second-order valence-corrected chi connectivity index (χ2v) is 5.77. The summed E-state index contributed by atoms with van der Waals surface area (Å²) in [5, 5.41) is 5.72. The summed E-state index contributed by atoms with van der Waals surface area (Å²) in [6.07, 6.45) is 1.32. The van der Waals surface area contributed by atoms with E-state index in [-0.39, 0.29) is 18.4 Å². The average Bonchev–Trinajstić information content (AvgIpc) is 2.62. The zero-order chi connectivity index (χ0) is 18.1. The Hall–Kier alpha value is -2.82. The molecule has 5 heteroatoms. The lowest BCUT2D eigenvalue weighted by molar-refractivity contribution is -0.116. The Balaban J connectivity index is 1.90. The minimum Gasteiger partial charge on any atom is -0.362 e. The molecule has 0 heterocycles. The average molecular weight is 339 g/mol. The third-order valence-electron chi connectivity index (χ3n) is 3.77. The van der Waals surface area contributed by atoms with Crippen LogP contribution in [-0.4, -0.2) is 24.9 Å². The van der Waals surface area contributed by atoms with Crippen LogP contribution in [0.2, 0.25) is 0 Å². The largest absolute Gasteiger partial charge is 0.362 e. The fourth-order valence-electron chi connectivity index (χ4n) is 2.49. The summed E-state index contributed by atoms with van der Waals surface area (Å²) in [7, 11) is 0. The van der Waals surface area contributed by atoms with E-state index in [4.69, 9.17) is 0 Å². The van der Waals surface area contributed by atoms with Crippen molar-refractivity contribution in [1.82, 2.24) is 0 Å². The molecule has 0 aromatic heterocycles. The molecular weight excluding hydrogens is 314 g/mol. The molecular formula is C20H25N3O2. The summed E-state index contributed by atoms with van der Waals surface area (Å²) in [6, 6.07) is 17.0. The van der Waals surface area contributed by atoms with Gasteiger partial charge in [0.1, 0.15) is 0 Å². The lowest BCUT2D eigenvalue weighted by atomic mass is 10.2. The van der Waals surface area contributed by atoms with E-state index < -0.39 is 0 Å². The second-order valence-electron chi connectivity index (χ2n) is 5.77. The Morgan fingerprint density at radius 1 is 0.840 bits per heavy atom. The molecule has 25 heavy (non-hydrogen) atoms. The highest BCUT2D eigenvalue weighted by molar-refractivity contribution is 5.95. The Morgan fingerprint density at radius 3 is 1.92 bits per heavy atom. The van der Waals surface area contributed by atoms with Crippen molar-refractivity contribution in [2.45, 2.75) is 26.7 Å². The standard InChI is InChI=1S/C20H25N3O2/c1-3-8-19(24)21-16-11-13-17(14-12-16)22-20(25)15-23(4-2)18-9-6-5-7-10-18/h5-7,9-14H,3-4,8,15H2,1-2H3,(H,21,24)(H,22,25). The van der Waals surface area contributed by atoms with Crippen LogP contribution in [-0.2, 0) is 9.59 Å². The number of benzene rings is 2. The molecule has 5 nitrogen and oxygen atoms in total. The highest BCUT2D eigenvalue weighted by Crippen LogP contribution is 2.15. The van der Waals surface area contributed by atoms with Crippen LogP contribution in [0.3, 0.4) is 0 Å². The van der Waals surface area contributed by atoms with Gasteiger partial charge in [-0.15, -0.1) is 0 Å². The second kappa shape index (κ2) is 9.47. The van der Waals surface area contributed by atoms with Gasteiger partial charge in [-0.3, -0.25) is 9.59 Å². The molecule has 2 aromatic rings. The molecule has 0 atom stereocenters. The molecule has 132 valence electrons. The van der Waals surface area contributed by atoms with Crippen LogP contribution in [0.4, 0.5) is 17.1 Å². The Morgan fingerprint density at radius 2 is 1.40 bits per heavy atom. The highest BCUT2D eigenvalue weighted by Gasteiger charge is 2.10. The van der Waals surface area contributed by atoms with Crippen LogP contribution in [0.1, 0.15) is 26.7 Å². The van der Waals surface area contributed by atoms with E-state index in [0.29, 0.717) is 12.1 Å². The van der Waals surface area contributed by atoms with Gasteiger partial charge in [0.2, 0.25) is 11.8 Å². The molecule has 0 saturated carbocycles. The third-order valence-corrected chi connectivity index (χ3v) is 3.77. The lowest BCUT2D eigenvalue weighted by Gasteiger charge is -2.22. The van der Waals surface area contributed by atoms with Gasteiger partial charge in [-0.1, -0.05) is 25.1 Å². The zero-order valence-corrected chi connectivity index (χ0v) is 14.8. The van der Waals surface area contributed by atoms with Gasteiger partial charge in [-0.05, 0) is 49.7 Å². The van der Waals surface area contributed by atoms with Crippen molar-refractivity contribution in [3.8, 4) is 0 Å². The van der Waals surface area contributed by atoms with Crippen LogP contribution < -0.4 is 15.5 Å². The third kappa shape index (κ3) is 5.95. The number of hydrogen-bond acceptors (Lipinski definition) is 3. The lowest BCUT2D eigenvalue weighted by Crippen LogP contribution is -2.33. The van der Waals surface area contributed by atoms with E-state index in [0.717, 1.165) is 24.3 Å². The number of rotatable bonds is 8. The van der Waals surface area contributed by atoms with Crippen LogP contribution in [0, 0.1) is 0 Å². The van der Waals surface area contributed by atoms with Crippen LogP contribution in [0.15, 0.2) is 54.6 Å². The van der Waals surface area contributed by atoms with Crippen molar-refractivity contribution in [2.75, 3.05) is 28.6 Å². The van der Waals surface area contributed by atoms with Gasteiger partial charge in [-0.2, -0.15) is 0 Å². The summed E-state index contributed by atoms with van der Waals surface area (Å²) in [6.45, 7) is 5.02. The van der Waals surface area contributed by atoms with Crippen molar-refractivity contribution in [2.24, 2.45) is 0 Å². The van der Waals surface area contributed by atoms with E-state index in [1.165, 1.54) is 0 Å². The summed E-state index contributed by atoms with van der Waals surface area (Å²) in [4.78, 5) is 25.9. The van der Waals surface area contributed by atoms with Crippen molar-refractivity contribution < 1.29 is 9.59 Å². The van der Waals surface area contributed by atoms with Crippen molar-refractivity contribution in [3.63, 3.8) is 0 Å². The number of para-hydroxylation sites is 1. The smallest absolute Gasteiger partial charge is 0.243 e. The maximum absolute atomic E-state index is 12.3. The SMILES string of the molecule is CCCC(=O)Nc1ccc(NC(=O)CN(CC)c2ccccc2)cc1. The molecule has 0 bridgehead atoms. The molecule has 2 amide bonds. The van der Waals surface area contributed by atoms with Gasteiger partial charge < -0.3 is 15.5 Å². The van der Waals surface area contributed by atoms with E-state index in [1.54, 1.807) is 24.3 Å². The molecule has 2 rings (SSSR count). The Kier molecular flexibility index (Phi) is 7.01. The molecule has 2 N–H and O–H groups in total. The Labute approximate surface area is 149 Å². The number of amides is 2. The summed E-state index contributed by atoms with van der Waals surface area (Å²) >= 11 is 0. The molecule has 0 unspecified atom stereocenters. The number of nitrogens with zero attached hydrogens (tertiary/aromatic N) is 1. The fraction of sp³-hybridized carbons (Fsp3) is 0.300. The van der Waals surface area contributed by atoms with E-state index >= 15 is 0 Å². The predicted octanol–water partition coefficient (Wildman–Crippen LogP) is 3.89. The molecule has 0 saturated heterocycles. The van der Waals surface area contributed by atoms with E-state index in [1.807, 2.05) is 49.1 Å². The van der Waals surface area contributed by atoms with E-state index in [2.05, 4.69) is 10.6 Å². The molecule has 0 aliphatic heterocycles. The summed E-state index contributed by atoms with van der Waals surface area (Å²) in [5.41, 5.74) is 2.47. The first-order valence-electron chi connectivity index (χ1n) is 8.62. The molecule has 0 spiro atoms. The molecule has 0 radical (unpaired) electrons. The Bertz CT molecular complexity index is 684. The number of nitrogens with one attached hydrogen (secondary N) is 2. The minimum absolute atomic E-state index is 0.000680. The topological polar surface area (TPSA) is 61.4 Å². The molecule has 0 aliphatic carbocycles. The fourth-order valence-corrected chi connectivity index (χ4v) is 2.49. The number of likely N-dealkylation sites (N-methyl/N-ethyl adjacent to an activating group) is 1. The molecule has 2 aromatic carbocycles. The predicted molar refractivity (Wildman–Crippen MR) is 103 cm³/mol. The number of carbonyl (C=O) groups is 2. The van der Waals surface area contributed by atoms with Gasteiger partial charge in [0.05, 0.1) is 6.54 Å². The maximum Gasteiger partial charge on any atom is 0.243 e. The monoisotopic (exact) mass is 339 g/mol. The van der Waals surface area contributed by atoms with Crippen molar-refractivity contribution >= 4 is 28.9 Å². The summed E-state index contributed by atoms with van der Waals surface area (Å²) < 4.78 is 0. The first-order valence-corrected chi connectivity index (χ1v) is 8.62. The van der Waals surface area contributed by atoms with Gasteiger partial charge >= 0.3 is 0 Å². The van der Waals surface area contributed by atoms with E-state index in [9.17, 15) is 9.59 Å². The molecule has 0 fully saturated rings. The first kappa shape index (κ1) is 18.5. The quantitative estimate of drug-likeness (QED) is 0.767. The normalized spacial score (nSPS) is 10.2. The maximum atomic E-state index is 12.3. The number of hydrogen-bond donors (Lipinski definition) is 2. The number of anilines is 3. The van der Waals surface area contributed by atoms with Crippen molar-refractivity contribution in [1.29, 1.82) is 0 Å². The first-order chi connectivity index (χ1) is 12.1. The summed E-state index contributed by atoms with van der Waals surface area (Å²) in [5.74, 6) is -0.0748. The van der Waals surface area contributed by atoms with Crippen LogP contribution in [0.25, 0.3) is 0 Å². The van der Waals surface area contributed by atoms with Gasteiger partial charge in [-0.25, -0.2) is 0 Å². The number of carbonyl (C=O) groups excluding carboxylic acids is 2. The molecule has 0 aliphatic rings. The van der Waals surface area contributed by atoms with Gasteiger partial charge in [0.25, 0.3) is 0 Å². The van der Waals surface area contributed by atoms with Gasteiger partial charge in [0.15, 0.2) is 0 Å².